The van der Waals surface area contributed by atoms with Crippen molar-refractivity contribution in [1.29, 1.82) is 0 Å². The number of carbonyl (C=O) groups is 1. The molecule has 2 aliphatic carbocycles. The van der Waals surface area contributed by atoms with Crippen LogP contribution >= 0.6 is 0 Å². The normalized spacial score (nSPS) is 30.4. The largest absolute Gasteiger partial charge is 0.480 e. The second kappa shape index (κ2) is 6.44. The van der Waals surface area contributed by atoms with E-state index in [1.165, 1.54) is 19.4 Å². The molecule has 2 N–H and O–H groups in total. The summed E-state index contributed by atoms with van der Waals surface area (Å²) in [6, 6.07) is 0.561. The van der Waals surface area contributed by atoms with Gasteiger partial charge in [-0.2, -0.15) is 0 Å². The van der Waals surface area contributed by atoms with Crippen LogP contribution in [0.2, 0.25) is 0 Å². The number of hydrogen-bond acceptors (Lipinski definition) is 3. The molecular formula is C16H30N2O2. The lowest BCUT2D eigenvalue weighted by Gasteiger charge is -2.34. The molecule has 2 unspecified atom stereocenters. The summed E-state index contributed by atoms with van der Waals surface area (Å²) in [6.07, 6.45) is 6.60. The lowest BCUT2D eigenvalue weighted by atomic mass is 9.84. The standard InChI is InChI=1S/C16H30N2O2/c1-12(2)18(11-13-6-7-13)10-8-14-5-4-9-16(14,17-3)15(19)20/h12-14,17H,4-11H2,1-3H3,(H,19,20). The van der Waals surface area contributed by atoms with Crippen molar-refractivity contribution < 1.29 is 9.90 Å². The average Bonchev–Trinajstić information content (AvgIpc) is 3.11. The number of hydrogen-bond donors (Lipinski definition) is 2. The molecule has 0 heterocycles. The van der Waals surface area contributed by atoms with Gasteiger partial charge >= 0.3 is 5.97 Å². The molecule has 0 aromatic carbocycles. The van der Waals surface area contributed by atoms with Crippen molar-refractivity contribution in [2.75, 3.05) is 20.1 Å². The van der Waals surface area contributed by atoms with Crippen LogP contribution in [0.4, 0.5) is 0 Å². The van der Waals surface area contributed by atoms with Crippen LogP contribution in [0.1, 0.15) is 52.4 Å². The minimum atomic E-state index is -0.678. The van der Waals surface area contributed by atoms with Gasteiger partial charge in [-0.15, -0.1) is 0 Å². The molecule has 0 bridgehead atoms. The summed E-state index contributed by atoms with van der Waals surface area (Å²) < 4.78 is 0. The number of aliphatic carboxylic acids is 1. The summed E-state index contributed by atoms with van der Waals surface area (Å²) in [5.41, 5.74) is -0.678. The molecule has 2 saturated carbocycles. The zero-order chi connectivity index (χ0) is 14.8. The summed E-state index contributed by atoms with van der Waals surface area (Å²) in [6.45, 7) is 6.73. The summed E-state index contributed by atoms with van der Waals surface area (Å²) in [7, 11) is 1.80. The molecule has 0 radical (unpaired) electrons. The van der Waals surface area contributed by atoms with Crippen LogP contribution in [0.15, 0.2) is 0 Å². The van der Waals surface area contributed by atoms with Crippen molar-refractivity contribution in [2.24, 2.45) is 11.8 Å². The van der Waals surface area contributed by atoms with Crippen molar-refractivity contribution in [2.45, 2.75) is 64.0 Å². The van der Waals surface area contributed by atoms with Crippen molar-refractivity contribution in [3.63, 3.8) is 0 Å². The van der Waals surface area contributed by atoms with Gasteiger partial charge in [0, 0.05) is 12.6 Å². The molecule has 0 saturated heterocycles. The number of nitrogens with one attached hydrogen (secondary N) is 1. The van der Waals surface area contributed by atoms with E-state index < -0.39 is 11.5 Å². The SMILES string of the molecule is CNC1(C(=O)O)CCCC1CCN(CC1CC1)C(C)C. The molecule has 0 aromatic heterocycles. The molecule has 4 heteroatoms. The lowest BCUT2D eigenvalue weighted by Crippen LogP contribution is -2.53. The highest BCUT2D eigenvalue weighted by molar-refractivity contribution is 5.79. The first kappa shape index (κ1) is 15.8. The molecule has 2 atom stereocenters. The third-order valence-corrected chi connectivity index (χ3v) is 5.33. The highest BCUT2D eigenvalue weighted by atomic mass is 16.4. The molecule has 2 fully saturated rings. The Morgan fingerprint density at radius 1 is 1.40 bits per heavy atom. The minimum absolute atomic E-state index is 0.269. The van der Waals surface area contributed by atoms with E-state index in [0.29, 0.717) is 6.04 Å². The molecule has 0 aromatic rings. The summed E-state index contributed by atoms with van der Waals surface area (Å²) in [4.78, 5) is 14.2. The van der Waals surface area contributed by atoms with Crippen LogP contribution in [0, 0.1) is 11.8 Å². The highest BCUT2D eigenvalue weighted by Gasteiger charge is 2.47. The molecule has 0 spiro atoms. The Labute approximate surface area is 122 Å². The topological polar surface area (TPSA) is 52.6 Å². The van der Waals surface area contributed by atoms with E-state index >= 15 is 0 Å². The van der Waals surface area contributed by atoms with Crippen LogP contribution in [-0.4, -0.2) is 47.7 Å². The van der Waals surface area contributed by atoms with Gasteiger partial charge < -0.3 is 15.3 Å². The van der Waals surface area contributed by atoms with Crippen molar-refractivity contribution >= 4 is 5.97 Å². The Morgan fingerprint density at radius 2 is 2.10 bits per heavy atom. The van der Waals surface area contributed by atoms with Gasteiger partial charge in [-0.25, -0.2) is 0 Å². The lowest BCUT2D eigenvalue weighted by molar-refractivity contribution is -0.146. The third-order valence-electron chi connectivity index (χ3n) is 5.33. The van der Waals surface area contributed by atoms with Crippen molar-refractivity contribution in [3.05, 3.63) is 0 Å². The number of likely N-dealkylation sites (N-methyl/N-ethyl adjacent to an activating group) is 1. The third kappa shape index (κ3) is 3.34. The number of rotatable bonds is 8. The summed E-state index contributed by atoms with van der Waals surface area (Å²) in [5, 5.41) is 12.7. The van der Waals surface area contributed by atoms with Crippen molar-refractivity contribution in [1.82, 2.24) is 10.2 Å². The monoisotopic (exact) mass is 282 g/mol. The quantitative estimate of drug-likeness (QED) is 0.717. The Balaban J connectivity index is 1.91. The number of nitrogens with zero attached hydrogens (tertiary/aromatic N) is 1. The molecule has 4 nitrogen and oxygen atoms in total. The minimum Gasteiger partial charge on any atom is -0.480 e. The first-order chi connectivity index (χ1) is 9.49. The fourth-order valence-electron chi connectivity index (χ4n) is 3.70. The Morgan fingerprint density at radius 3 is 2.60 bits per heavy atom. The van der Waals surface area contributed by atoms with Gasteiger partial charge in [0.15, 0.2) is 0 Å². The highest BCUT2D eigenvalue weighted by Crippen LogP contribution is 2.38. The van der Waals surface area contributed by atoms with Gasteiger partial charge in [0.2, 0.25) is 0 Å². The Bertz CT molecular complexity index is 341. The van der Waals surface area contributed by atoms with E-state index in [1.54, 1.807) is 7.05 Å². The van der Waals surface area contributed by atoms with E-state index in [1.807, 2.05) is 0 Å². The fraction of sp³-hybridized carbons (Fsp3) is 0.938. The van der Waals surface area contributed by atoms with Gasteiger partial charge in [0.25, 0.3) is 0 Å². The van der Waals surface area contributed by atoms with E-state index in [4.69, 9.17) is 0 Å². The molecule has 20 heavy (non-hydrogen) atoms. The fourth-order valence-corrected chi connectivity index (χ4v) is 3.70. The summed E-state index contributed by atoms with van der Waals surface area (Å²) in [5.74, 6) is 0.501. The number of carboxylic acids is 1. The first-order valence-electron chi connectivity index (χ1n) is 8.16. The van der Waals surface area contributed by atoms with E-state index in [-0.39, 0.29) is 5.92 Å². The van der Waals surface area contributed by atoms with E-state index in [0.717, 1.165) is 38.1 Å². The van der Waals surface area contributed by atoms with Gasteiger partial charge in [0.1, 0.15) is 5.54 Å². The van der Waals surface area contributed by atoms with Gasteiger partial charge in [-0.3, -0.25) is 4.79 Å². The van der Waals surface area contributed by atoms with Crippen molar-refractivity contribution in [3.8, 4) is 0 Å². The molecule has 0 amide bonds. The molecular weight excluding hydrogens is 252 g/mol. The molecule has 2 aliphatic rings. The molecule has 116 valence electrons. The first-order valence-corrected chi connectivity index (χ1v) is 8.16. The average molecular weight is 282 g/mol. The second-order valence-electron chi connectivity index (χ2n) is 6.94. The maximum Gasteiger partial charge on any atom is 0.324 e. The zero-order valence-electron chi connectivity index (χ0n) is 13.2. The Hall–Kier alpha value is -0.610. The van der Waals surface area contributed by atoms with E-state index in [2.05, 4.69) is 24.1 Å². The van der Waals surface area contributed by atoms with Crippen LogP contribution in [0.25, 0.3) is 0 Å². The van der Waals surface area contributed by atoms with Gasteiger partial charge in [-0.05, 0) is 71.4 Å². The maximum absolute atomic E-state index is 11.7. The van der Waals surface area contributed by atoms with Gasteiger partial charge in [0.05, 0.1) is 0 Å². The predicted molar refractivity (Wildman–Crippen MR) is 80.8 cm³/mol. The zero-order valence-corrected chi connectivity index (χ0v) is 13.2. The Kier molecular flexibility index (Phi) is 5.08. The van der Waals surface area contributed by atoms with E-state index in [9.17, 15) is 9.90 Å². The second-order valence-corrected chi connectivity index (χ2v) is 6.94. The number of carboxylic acid groups (broad SMARTS) is 1. The van der Waals surface area contributed by atoms with Gasteiger partial charge in [-0.1, -0.05) is 6.42 Å². The van der Waals surface area contributed by atoms with Crippen LogP contribution in [0.5, 0.6) is 0 Å². The molecule has 0 aliphatic heterocycles. The van der Waals surface area contributed by atoms with Crippen LogP contribution in [-0.2, 0) is 4.79 Å². The molecule has 2 rings (SSSR count). The van der Waals surface area contributed by atoms with Crippen LogP contribution in [0.3, 0.4) is 0 Å². The predicted octanol–water partition coefficient (Wildman–Crippen LogP) is 2.34. The summed E-state index contributed by atoms with van der Waals surface area (Å²) >= 11 is 0. The maximum atomic E-state index is 11.7. The van der Waals surface area contributed by atoms with Crippen LogP contribution < -0.4 is 5.32 Å². The smallest absolute Gasteiger partial charge is 0.324 e.